The Morgan fingerprint density at radius 1 is 1.08 bits per heavy atom. The number of carbonyl (C=O) groups is 2. The number of ether oxygens (including phenoxy) is 2. The van der Waals surface area contributed by atoms with E-state index < -0.39 is 16.1 Å². The van der Waals surface area contributed by atoms with Crippen LogP contribution in [0.25, 0.3) is 0 Å². The molecule has 2 amide bonds. The maximum absolute atomic E-state index is 13.6. The van der Waals surface area contributed by atoms with Crippen molar-refractivity contribution in [1.82, 2.24) is 10.2 Å². The van der Waals surface area contributed by atoms with Crippen molar-refractivity contribution in [2.75, 3.05) is 30.4 Å². The van der Waals surface area contributed by atoms with Gasteiger partial charge in [0.1, 0.15) is 6.04 Å². The number of halogens is 2. The smallest absolute Gasteiger partial charge is 0.242 e. The number of rotatable bonds is 13. The molecule has 2 aromatic rings. The number of fused-ring (bicyclic) bond motifs is 1. The van der Waals surface area contributed by atoms with Crippen LogP contribution < -0.4 is 19.1 Å². The lowest BCUT2D eigenvalue weighted by atomic mass is 10.1. The molecule has 214 valence electrons. The standard InChI is InChI=1S/C27H35Cl2N3O6S/c1-5-23(27(34)30-15-18(2)3)31(16-19-8-9-20(28)13-22(19)29)26(33)7-6-12-32(39(4,35)36)21-10-11-24-25(14-21)38-17-37-24/h8-11,13-14,18,23H,5-7,12,15-17H2,1-4H3,(H,30,34)/t23-/m1/s1. The summed E-state index contributed by atoms with van der Waals surface area (Å²) in [4.78, 5) is 28.1. The summed E-state index contributed by atoms with van der Waals surface area (Å²) in [6.45, 7) is 6.56. The molecular weight excluding hydrogens is 565 g/mol. The minimum atomic E-state index is -3.64. The van der Waals surface area contributed by atoms with Crippen LogP contribution in [0.5, 0.6) is 11.5 Å². The molecule has 0 saturated heterocycles. The third-order valence-corrected chi connectivity index (χ3v) is 8.00. The number of sulfonamides is 1. The van der Waals surface area contributed by atoms with Gasteiger partial charge in [-0.15, -0.1) is 0 Å². The second-order valence-corrected chi connectivity index (χ2v) is 12.5. The lowest BCUT2D eigenvalue weighted by Gasteiger charge is -2.31. The average Bonchev–Trinajstić information content (AvgIpc) is 3.33. The fourth-order valence-corrected chi connectivity index (χ4v) is 5.65. The number of carbonyl (C=O) groups excluding carboxylic acids is 2. The molecule has 0 bridgehead atoms. The topological polar surface area (TPSA) is 105 Å². The van der Waals surface area contributed by atoms with Crippen LogP contribution in [0.3, 0.4) is 0 Å². The van der Waals surface area contributed by atoms with Gasteiger partial charge in [-0.3, -0.25) is 13.9 Å². The van der Waals surface area contributed by atoms with E-state index in [0.717, 1.165) is 6.26 Å². The zero-order valence-corrected chi connectivity index (χ0v) is 24.9. The van der Waals surface area contributed by atoms with Crippen LogP contribution in [-0.4, -0.2) is 57.3 Å². The van der Waals surface area contributed by atoms with Gasteiger partial charge in [-0.1, -0.05) is 50.0 Å². The van der Waals surface area contributed by atoms with Crippen molar-refractivity contribution < 1.29 is 27.5 Å². The largest absolute Gasteiger partial charge is 0.454 e. The van der Waals surface area contributed by atoms with Crippen molar-refractivity contribution in [3.63, 3.8) is 0 Å². The number of amides is 2. The van der Waals surface area contributed by atoms with E-state index in [1.165, 1.54) is 9.21 Å². The third kappa shape index (κ3) is 8.40. The molecule has 0 fully saturated rings. The van der Waals surface area contributed by atoms with Crippen LogP contribution in [0.15, 0.2) is 36.4 Å². The first-order valence-electron chi connectivity index (χ1n) is 12.8. The van der Waals surface area contributed by atoms with Gasteiger partial charge in [0.15, 0.2) is 11.5 Å². The summed E-state index contributed by atoms with van der Waals surface area (Å²) in [6.07, 6.45) is 1.76. The van der Waals surface area contributed by atoms with Gasteiger partial charge in [0.2, 0.25) is 28.6 Å². The van der Waals surface area contributed by atoms with Crippen molar-refractivity contribution in [3.05, 3.63) is 52.0 Å². The fraction of sp³-hybridized carbons (Fsp3) is 0.481. The second-order valence-electron chi connectivity index (χ2n) is 9.80. The van der Waals surface area contributed by atoms with Crippen molar-refractivity contribution in [2.45, 2.75) is 52.6 Å². The zero-order chi connectivity index (χ0) is 28.7. The Balaban J connectivity index is 1.78. The predicted octanol–water partition coefficient (Wildman–Crippen LogP) is 4.85. The molecule has 0 unspecified atom stereocenters. The van der Waals surface area contributed by atoms with Crippen LogP contribution in [0.2, 0.25) is 10.0 Å². The van der Waals surface area contributed by atoms with Crippen LogP contribution in [-0.2, 0) is 26.2 Å². The molecule has 0 spiro atoms. The number of nitrogens with one attached hydrogen (secondary N) is 1. The Labute approximate surface area is 240 Å². The molecule has 1 heterocycles. The summed E-state index contributed by atoms with van der Waals surface area (Å²) in [5, 5.41) is 3.78. The van der Waals surface area contributed by atoms with Crippen molar-refractivity contribution >= 4 is 50.7 Å². The van der Waals surface area contributed by atoms with Gasteiger partial charge < -0.3 is 19.7 Å². The van der Waals surface area contributed by atoms with E-state index in [0.29, 0.717) is 45.8 Å². The summed E-state index contributed by atoms with van der Waals surface area (Å²) in [5.74, 6) is 0.718. The number of anilines is 1. The van der Waals surface area contributed by atoms with Gasteiger partial charge in [0.25, 0.3) is 0 Å². The molecule has 0 radical (unpaired) electrons. The maximum atomic E-state index is 13.6. The monoisotopic (exact) mass is 599 g/mol. The summed E-state index contributed by atoms with van der Waals surface area (Å²) >= 11 is 12.4. The molecule has 2 aromatic carbocycles. The average molecular weight is 601 g/mol. The molecule has 39 heavy (non-hydrogen) atoms. The van der Waals surface area contributed by atoms with E-state index in [1.54, 1.807) is 36.4 Å². The Morgan fingerprint density at radius 3 is 2.44 bits per heavy atom. The summed E-state index contributed by atoms with van der Waals surface area (Å²) in [7, 11) is -3.64. The van der Waals surface area contributed by atoms with Gasteiger partial charge in [-0.25, -0.2) is 8.42 Å². The maximum Gasteiger partial charge on any atom is 0.242 e. The quantitative estimate of drug-likeness (QED) is 0.353. The van der Waals surface area contributed by atoms with E-state index >= 15 is 0 Å². The van der Waals surface area contributed by atoms with Crippen LogP contribution in [0.1, 0.15) is 45.6 Å². The first kappa shape index (κ1) is 30.8. The number of hydrogen-bond donors (Lipinski definition) is 1. The number of hydrogen-bond acceptors (Lipinski definition) is 6. The van der Waals surface area contributed by atoms with E-state index in [9.17, 15) is 18.0 Å². The van der Waals surface area contributed by atoms with Gasteiger partial charge >= 0.3 is 0 Å². The van der Waals surface area contributed by atoms with Gasteiger partial charge in [-0.05, 0) is 48.6 Å². The van der Waals surface area contributed by atoms with Crippen LogP contribution >= 0.6 is 23.2 Å². The normalized spacial score (nSPS) is 13.3. The van der Waals surface area contributed by atoms with Gasteiger partial charge in [0.05, 0.1) is 11.9 Å². The molecule has 12 heteroatoms. The number of benzene rings is 2. The number of nitrogens with zero attached hydrogens (tertiary/aromatic N) is 2. The summed E-state index contributed by atoms with van der Waals surface area (Å²) in [5.41, 5.74) is 1.07. The van der Waals surface area contributed by atoms with Gasteiger partial charge in [0, 0.05) is 42.2 Å². The molecule has 0 aliphatic carbocycles. The fourth-order valence-electron chi connectivity index (χ4n) is 4.22. The Morgan fingerprint density at radius 2 is 1.79 bits per heavy atom. The van der Waals surface area contributed by atoms with E-state index in [1.807, 2.05) is 20.8 Å². The highest BCUT2D eigenvalue weighted by atomic mass is 35.5. The highest BCUT2D eigenvalue weighted by Gasteiger charge is 2.29. The lowest BCUT2D eigenvalue weighted by Crippen LogP contribution is -2.49. The Hall–Kier alpha value is -2.69. The minimum Gasteiger partial charge on any atom is -0.454 e. The first-order chi connectivity index (χ1) is 18.4. The molecule has 1 aliphatic rings. The molecular formula is C27H35Cl2N3O6S. The third-order valence-electron chi connectivity index (χ3n) is 6.22. The summed E-state index contributed by atoms with van der Waals surface area (Å²) in [6, 6.07) is 9.18. The highest BCUT2D eigenvalue weighted by Crippen LogP contribution is 2.36. The van der Waals surface area contributed by atoms with Crippen molar-refractivity contribution in [3.8, 4) is 11.5 Å². The lowest BCUT2D eigenvalue weighted by molar-refractivity contribution is -0.141. The second kappa shape index (κ2) is 13.6. The SMILES string of the molecule is CC[C@H](C(=O)NCC(C)C)N(Cc1ccc(Cl)cc1Cl)C(=O)CCCN(c1ccc2c(c1)OCO2)S(C)(=O)=O. The van der Waals surface area contributed by atoms with Crippen molar-refractivity contribution in [1.29, 1.82) is 0 Å². The molecule has 1 aliphatic heterocycles. The van der Waals surface area contributed by atoms with E-state index in [4.69, 9.17) is 32.7 Å². The molecule has 3 rings (SSSR count). The van der Waals surface area contributed by atoms with E-state index in [-0.39, 0.29) is 50.5 Å². The molecule has 9 nitrogen and oxygen atoms in total. The highest BCUT2D eigenvalue weighted by molar-refractivity contribution is 7.92. The zero-order valence-electron chi connectivity index (χ0n) is 22.6. The van der Waals surface area contributed by atoms with Crippen LogP contribution in [0, 0.1) is 5.92 Å². The predicted molar refractivity (Wildman–Crippen MR) is 153 cm³/mol. The van der Waals surface area contributed by atoms with E-state index in [2.05, 4.69) is 5.32 Å². The van der Waals surface area contributed by atoms with Gasteiger partial charge in [-0.2, -0.15) is 0 Å². The minimum absolute atomic E-state index is 0.0236. The molecule has 0 saturated carbocycles. The van der Waals surface area contributed by atoms with Crippen molar-refractivity contribution in [2.24, 2.45) is 5.92 Å². The molecule has 1 N–H and O–H groups in total. The first-order valence-corrected chi connectivity index (χ1v) is 15.4. The summed E-state index contributed by atoms with van der Waals surface area (Å²) < 4.78 is 37.1. The van der Waals surface area contributed by atoms with Crippen LogP contribution in [0.4, 0.5) is 5.69 Å². The Kier molecular flexibility index (Phi) is 10.7. The molecule has 0 aromatic heterocycles. The Bertz CT molecular complexity index is 1290. The molecule has 1 atom stereocenters.